The van der Waals surface area contributed by atoms with E-state index >= 15 is 0 Å². The number of rotatable bonds is 5. The smallest absolute Gasteiger partial charge is 0.324 e. The first-order valence-electron chi connectivity index (χ1n) is 9.88. The van der Waals surface area contributed by atoms with E-state index in [1.807, 2.05) is 4.68 Å². The van der Waals surface area contributed by atoms with Crippen molar-refractivity contribution in [2.45, 2.75) is 37.8 Å². The summed E-state index contributed by atoms with van der Waals surface area (Å²) in [6.07, 6.45) is 6.36. The highest BCUT2D eigenvalue weighted by atomic mass is 19.1. The fraction of sp³-hybridized carbons (Fsp3) is 0.500. The Labute approximate surface area is 163 Å². The third kappa shape index (κ3) is 4.69. The van der Waals surface area contributed by atoms with Crippen molar-refractivity contribution in [1.82, 2.24) is 14.7 Å². The molecule has 4 rings (SSSR count). The van der Waals surface area contributed by atoms with E-state index in [4.69, 9.17) is 4.74 Å². The first-order valence-corrected chi connectivity index (χ1v) is 9.88. The Bertz CT molecular complexity index is 797. The zero-order chi connectivity index (χ0) is 19.3. The SMILES string of the molecule is O=C(Nc1cccc(F)c1)Nc1ccnn1C1CCN(C[C@H]2CCCO2)CC1. The normalized spacial score (nSPS) is 21.0. The van der Waals surface area contributed by atoms with Crippen LogP contribution in [0.3, 0.4) is 0 Å². The van der Waals surface area contributed by atoms with Gasteiger partial charge in [0.15, 0.2) is 0 Å². The second kappa shape index (κ2) is 8.70. The summed E-state index contributed by atoms with van der Waals surface area (Å²) < 4.78 is 20.9. The number of hydrogen-bond donors (Lipinski definition) is 2. The maximum absolute atomic E-state index is 13.3. The van der Waals surface area contributed by atoms with Gasteiger partial charge in [-0.1, -0.05) is 6.07 Å². The van der Waals surface area contributed by atoms with Crippen molar-refractivity contribution in [3.63, 3.8) is 0 Å². The number of halogens is 1. The highest BCUT2D eigenvalue weighted by Gasteiger charge is 2.26. The van der Waals surface area contributed by atoms with Crippen LogP contribution >= 0.6 is 0 Å². The minimum Gasteiger partial charge on any atom is -0.377 e. The number of piperidine rings is 1. The van der Waals surface area contributed by atoms with Crippen molar-refractivity contribution in [2.24, 2.45) is 0 Å². The van der Waals surface area contributed by atoms with E-state index in [9.17, 15) is 9.18 Å². The zero-order valence-electron chi connectivity index (χ0n) is 15.8. The predicted octanol–water partition coefficient (Wildman–Crippen LogP) is 3.48. The Balaban J connectivity index is 1.31. The zero-order valence-corrected chi connectivity index (χ0v) is 15.8. The molecule has 0 radical (unpaired) electrons. The molecule has 7 nitrogen and oxygen atoms in total. The van der Waals surface area contributed by atoms with Crippen LogP contribution in [0.25, 0.3) is 0 Å². The average Bonchev–Trinajstić information content (AvgIpc) is 3.34. The molecule has 2 N–H and O–H groups in total. The molecule has 150 valence electrons. The lowest BCUT2D eigenvalue weighted by atomic mass is 10.0. The van der Waals surface area contributed by atoms with Crippen LogP contribution in [0, 0.1) is 5.82 Å². The van der Waals surface area contributed by atoms with Crippen molar-refractivity contribution in [3.8, 4) is 0 Å². The summed E-state index contributed by atoms with van der Waals surface area (Å²) in [5, 5.41) is 9.88. The van der Waals surface area contributed by atoms with Gasteiger partial charge < -0.3 is 15.0 Å². The van der Waals surface area contributed by atoms with Crippen LogP contribution in [-0.2, 0) is 4.74 Å². The lowest BCUT2D eigenvalue weighted by Crippen LogP contribution is -2.39. The number of ether oxygens (including phenoxy) is 1. The highest BCUT2D eigenvalue weighted by Crippen LogP contribution is 2.26. The average molecular weight is 387 g/mol. The van der Waals surface area contributed by atoms with Crippen LogP contribution in [-0.4, -0.2) is 53.1 Å². The van der Waals surface area contributed by atoms with Crippen LogP contribution in [0.1, 0.15) is 31.7 Å². The molecule has 2 saturated heterocycles. The predicted molar refractivity (Wildman–Crippen MR) is 105 cm³/mol. The Morgan fingerprint density at radius 2 is 2.07 bits per heavy atom. The summed E-state index contributed by atoms with van der Waals surface area (Å²) in [4.78, 5) is 14.7. The second-order valence-electron chi connectivity index (χ2n) is 7.42. The number of nitrogens with one attached hydrogen (secondary N) is 2. The number of amides is 2. The molecule has 1 aromatic carbocycles. The maximum atomic E-state index is 13.3. The van der Waals surface area contributed by atoms with Gasteiger partial charge in [-0.25, -0.2) is 13.9 Å². The summed E-state index contributed by atoms with van der Waals surface area (Å²) in [7, 11) is 0. The number of likely N-dealkylation sites (tertiary alicyclic amines) is 1. The lowest BCUT2D eigenvalue weighted by Gasteiger charge is -2.33. The van der Waals surface area contributed by atoms with Crippen LogP contribution in [0.5, 0.6) is 0 Å². The fourth-order valence-corrected chi connectivity index (χ4v) is 3.97. The van der Waals surface area contributed by atoms with Crippen molar-refractivity contribution >= 4 is 17.5 Å². The molecule has 2 aliphatic rings. The number of nitrogens with zero attached hydrogens (tertiary/aromatic N) is 3. The highest BCUT2D eigenvalue weighted by molar-refractivity contribution is 5.99. The number of aromatic nitrogens is 2. The van der Waals surface area contributed by atoms with E-state index in [2.05, 4.69) is 20.6 Å². The number of hydrogen-bond acceptors (Lipinski definition) is 4. The monoisotopic (exact) mass is 387 g/mol. The molecule has 0 bridgehead atoms. The largest absolute Gasteiger partial charge is 0.377 e. The van der Waals surface area contributed by atoms with Crippen molar-refractivity contribution in [3.05, 3.63) is 42.3 Å². The standard InChI is InChI=1S/C20H26FN5O2/c21-15-3-1-4-16(13-15)23-20(27)24-19-6-9-22-26(19)17-7-10-25(11-8-17)14-18-5-2-12-28-18/h1,3-4,6,9,13,17-18H,2,5,7-8,10-12,14H2,(H2,23,24,27)/t18-/m1/s1. The molecule has 2 aromatic rings. The van der Waals surface area contributed by atoms with Gasteiger partial charge in [-0.15, -0.1) is 0 Å². The van der Waals surface area contributed by atoms with Gasteiger partial charge in [0.2, 0.25) is 0 Å². The molecule has 28 heavy (non-hydrogen) atoms. The number of urea groups is 1. The van der Waals surface area contributed by atoms with Crippen LogP contribution in [0.15, 0.2) is 36.5 Å². The second-order valence-corrected chi connectivity index (χ2v) is 7.42. The van der Waals surface area contributed by atoms with Gasteiger partial charge in [-0.2, -0.15) is 5.10 Å². The third-order valence-electron chi connectivity index (χ3n) is 5.38. The number of carbonyl (C=O) groups is 1. The maximum Gasteiger partial charge on any atom is 0.324 e. The lowest BCUT2D eigenvalue weighted by molar-refractivity contribution is 0.0600. The first kappa shape index (κ1) is 18.9. The molecule has 0 unspecified atom stereocenters. The van der Waals surface area contributed by atoms with Crippen LogP contribution in [0.4, 0.5) is 20.7 Å². The summed E-state index contributed by atoms with van der Waals surface area (Å²) in [5.41, 5.74) is 0.408. The molecule has 2 aliphatic heterocycles. The molecule has 0 spiro atoms. The van der Waals surface area contributed by atoms with Crippen LogP contribution in [0.2, 0.25) is 0 Å². The summed E-state index contributed by atoms with van der Waals surface area (Å²) in [6.45, 7) is 3.90. The molecule has 1 atom stereocenters. The molecule has 8 heteroatoms. The van der Waals surface area contributed by atoms with Crippen molar-refractivity contribution < 1.29 is 13.9 Å². The van der Waals surface area contributed by atoms with Gasteiger partial charge >= 0.3 is 6.03 Å². The Kier molecular flexibility index (Phi) is 5.87. The molecule has 0 saturated carbocycles. The van der Waals surface area contributed by atoms with Gasteiger partial charge in [0.1, 0.15) is 11.6 Å². The van der Waals surface area contributed by atoms with Crippen LogP contribution < -0.4 is 10.6 Å². The Morgan fingerprint density at radius 3 is 2.82 bits per heavy atom. The Morgan fingerprint density at radius 1 is 1.21 bits per heavy atom. The minimum atomic E-state index is -0.414. The van der Waals surface area contributed by atoms with Gasteiger partial charge in [-0.3, -0.25) is 5.32 Å². The Hall–Kier alpha value is -2.45. The van der Waals surface area contributed by atoms with E-state index in [1.165, 1.54) is 18.6 Å². The van der Waals surface area contributed by atoms with Crippen molar-refractivity contribution in [2.75, 3.05) is 36.9 Å². The molecular weight excluding hydrogens is 361 g/mol. The molecule has 0 aliphatic carbocycles. The summed E-state index contributed by atoms with van der Waals surface area (Å²) >= 11 is 0. The fourth-order valence-electron chi connectivity index (χ4n) is 3.97. The molecule has 2 amide bonds. The van der Waals surface area contributed by atoms with Gasteiger partial charge in [0.05, 0.1) is 18.3 Å². The van der Waals surface area contributed by atoms with E-state index in [-0.39, 0.29) is 6.04 Å². The summed E-state index contributed by atoms with van der Waals surface area (Å²) in [6, 6.07) is 7.43. The minimum absolute atomic E-state index is 0.250. The van der Waals surface area contributed by atoms with E-state index in [1.54, 1.807) is 24.4 Å². The number of anilines is 2. The van der Waals surface area contributed by atoms with E-state index < -0.39 is 11.8 Å². The quantitative estimate of drug-likeness (QED) is 0.824. The molecular formula is C20H26FN5O2. The first-order chi connectivity index (χ1) is 13.7. The van der Waals surface area contributed by atoms with E-state index in [0.717, 1.165) is 45.5 Å². The van der Waals surface area contributed by atoms with E-state index in [0.29, 0.717) is 17.6 Å². The number of benzene rings is 1. The molecule has 3 heterocycles. The van der Waals surface area contributed by atoms with Crippen molar-refractivity contribution in [1.29, 1.82) is 0 Å². The van der Waals surface area contributed by atoms with Gasteiger partial charge in [0.25, 0.3) is 0 Å². The molecule has 2 fully saturated rings. The summed E-state index contributed by atoms with van der Waals surface area (Å²) in [5.74, 6) is 0.254. The van der Waals surface area contributed by atoms with Gasteiger partial charge in [-0.05, 0) is 43.9 Å². The topological polar surface area (TPSA) is 71.4 Å². The third-order valence-corrected chi connectivity index (χ3v) is 5.38. The number of carbonyl (C=O) groups excluding carboxylic acids is 1. The van der Waals surface area contributed by atoms with Gasteiger partial charge in [0, 0.05) is 38.0 Å². The molecule has 1 aromatic heterocycles.